The molecule has 1 aromatic heterocycles. The van der Waals surface area contributed by atoms with E-state index in [1.807, 2.05) is 24.9 Å². The minimum Gasteiger partial charge on any atom is -0.315 e. The third-order valence-corrected chi connectivity index (χ3v) is 7.43. The largest absolute Gasteiger partial charge is 0.315 e. The van der Waals surface area contributed by atoms with E-state index < -0.39 is 10.0 Å². The van der Waals surface area contributed by atoms with Crippen LogP contribution in [0.3, 0.4) is 0 Å². The number of rotatable bonds is 6. The van der Waals surface area contributed by atoms with Crippen molar-refractivity contribution in [2.75, 3.05) is 19.3 Å². The Bertz CT molecular complexity index is 493. The van der Waals surface area contributed by atoms with Crippen molar-refractivity contribution in [1.82, 2.24) is 10.0 Å². The molecule has 2 N–H and O–H groups in total. The summed E-state index contributed by atoms with van der Waals surface area (Å²) in [7, 11) is -1.48. The number of nitrogens with one attached hydrogen (secondary N) is 2. The molecule has 0 aromatic carbocycles. The van der Waals surface area contributed by atoms with E-state index in [2.05, 4.69) is 10.0 Å². The summed E-state index contributed by atoms with van der Waals surface area (Å²) in [6.45, 7) is 1.25. The lowest BCUT2D eigenvalue weighted by atomic mass is 10.2. The summed E-state index contributed by atoms with van der Waals surface area (Å²) in [5.41, 5.74) is 0. The summed E-state index contributed by atoms with van der Waals surface area (Å²) in [5, 5.41) is 3.46. The van der Waals surface area contributed by atoms with Crippen LogP contribution in [0, 0.1) is 0 Å². The Morgan fingerprint density at radius 1 is 1.37 bits per heavy atom. The van der Waals surface area contributed by atoms with Crippen molar-refractivity contribution >= 4 is 33.1 Å². The molecule has 0 bridgehead atoms. The maximum Gasteiger partial charge on any atom is 0.250 e. The Kier molecular flexibility index (Phi) is 5.70. The molecule has 0 saturated carbocycles. The van der Waals surface area contributed by atoms with Crippen molar-refractivity contribution in [3.05, 3.63) is 17.0 Å². The molecular weight excluding hydrogens is 300 g/mol. The van der Waals surface area contributed by atoms with Crippen LogP contribution >= 0.6 is 23.1 Å². The lowest BCUT2D eigenvalue weighted by molar-refractivity contribution is 0.576. The van der Waals surface area contributed by atoms with Gasteiger partial charge in [-0.1, -0.05) is 6.42 Å². The van der Waals surface area contributed by atoms with Gasteiger partial charge in [0.05, 0.1) is 0 Å². The van der Waals surface area contributed by atoms with Crippen molar-refractivity contribution in [2.24, 2.45) is 0 Å². The number of thiophene rings is 1. The predicted molar refractivity (Wildman–Crippen MR) is 82.4 cm³/mol. The predicted octanol–water partition coefficient (Wildman–Crippen LogP) is 2.03. The Morgan fingerprint density at radius 3 is 2.89 bits per heavy atom. The van der Waals surface area contributed by atoms with E-state index in [0.29, 0.717) is 22.5 Å². The first-order valence-corrected chi connectivity index (χ1v) is 9.81. The summed E-state index contributed by atoms with van der Waals surface area (Å²) < 4.78 is 27.5. The molecule has 0 aliphatic carbocycles. The molecule has 1 saturated heterocycles. The third kappa shape index (κ3) is 4.46. The number of thioether (sulfide) groups is 1. The molecule has 2 heterocycles. The van der Waals surface area contributed by atoms with Crippen molar-refractivity contribution < 1.29 is 8.42 Å². The highest BCUT2D eigenvalue weighted by Crippen LogP contribution is 2.25. The summed E-state index contributed by atoms with van der Waals surface area (Å²) in [6, 6.07) is 3.55. The smallest absolute Gasteiger partial charge is 0.250 e. The molecule has 19 heavy (non-hydrogen) atoms. The Hall–Kier alpha value is -0.0800. The molecular formula is C12H20N2O2S3. The second-order valence-corrected chi connectivity index (χ2v) is 9.16. The van der Waals surface area contributed by atoms with Crippen molar-refractivity contribution in [2.45, 2.75) is 35.3 Å². The fourth-order valence-corrected chi connectivity index (χ4v) is 5.85. The van der Waals surface area contributed by atoms with Crippen LogP contribution in [0.4, 0.5) is 0 Å². The van der Waals surface area contributed by atoms with Gasteiger partial charge < -0.3 is 5.32 Å². The molecule has 1 aromatic rings. The van der Waals surface area contributed by atoms with E-state index in [1.54, 1.807) is 6.07 Å². The molecule has 1 aliphatic heterocycles. The fourth-order valence-electron chi connectivity index (χ4n) is 2.01. The van der Waals surface area contributed by atoms with Crippen LogP contribution in [-0.4, -0.2) is 33.0 Å². The van der Waals surface area contributed by atoms with Gasteiger partial charge in [0.25, 0.3) is 0 Å². The zero-order chi connectivity index (χ0) is 13.7. The summed E-state index contributed by atoms with van der Waals surface area (Å²) >= 11 is 3.21. The summed E-state index contributed by atoms with van der Waals surface area (Å²) in [6.07, 6.45) is 3.58. The molecule has 2 rings (SSSR count). The van der Waals surface area contributed by atoms with E-state index in [0.717, 1.165) is 17.1 Å². The Morgan fingerprint density at radius 2 is 2.21 bits per heavy atom. The van der Waals surface area contributed by atoms with Crippen LogP contribution in [0.25, 0.3) is 0 Å². The zero-order valence-corrected chi connectivity index (χ0v) is 13.5. The topological polar surface area (TPSA) is 58.2 Å². The molecule has 1 unspecified atom stereocenters. The Balaban J connectivity index is 1.92. The van der Waals surface area contributed by atoms with Crippen LogP contribution in [0.1, 0.15) is 24.1 Å². The highest BCUT2D eigenvalue weighted by molar-refractivity contribution is 8.00. The van der Waals surface area contributed by atoms with Gasteiger partial charge in [0.2, 0.25) is 10.0 Å². The van der Waals surface area contributed by atoms with E-state index in [9.17, 15) is 8.42 Å². The zero-order valence-electron chi connectivity index (χ0n) is 11.0. The normalized spacial score (nSPS) is 20.6. The molecule has 108 valence electrons. The molecule has 7 heteroatoms. The lowest BCUT2D eigenvalue weighted by Crippen LogP contribution is -2.31. The van der Waals surface area contributed by atoms with Crippen LogP contribution in [-0.2, 0) is 16.6 Å². The van der Waals surface area contributed by atoms with Crippen molar-refractivity contribution in [3.63, 3.8) is 0 Å². The van der Waals surface area contributed by atoms with Crippen molar-refractivity contribution in [1.29, 1.82) is 0 Å². The van der Waals surface area contributed by atoms with Gasteiger partial charge >= 0.3 is 0 Å². The van der Waals surface area contributed by atoms with E-state index >= 15 is 0 Å². The van der Waals surface area contributed by atoms with Crippen LogP contribution in [0.2, 0.25) is 0 Å². The maximum absolute atomic E-state index is 12.2. The molecule has 0 spiro atoms. The SMILES string of the molecule is CNCc1ccc(S(=O)(=O)NCC2CCCCS2)s1. The maximum atomic E-state index is 12.2. The second kappa shape index (κ2) is 7.08. The molecule has 1 aliphatic rings. The Labute approximate surface area is 123 Å². The monoisotopic (exact) mass is 320 g/mol. The first-order valence-electron chi connectivity index (χ1n) is 6.46. The molecule has 4 nitrogen and oxygen atoms in total. The minimum atomic E-state index is -3.33. The van der Waals surface area contributed by atoms with Crippen molar-refractivity contribution in [3.8, 4) is 0 Å². The number of hydrogen-bond donors (Lipinski definition) is 2. The molecule has 1 fully saturated rings. The van der Waals surface area contributed by atoms with E-state index in [-0.39, 0.29) is 0 Å². The van der Waals surface area contributed by atoms with E-state index in [1.165, 1.54) is 24.2 Å². The molecule has 1 atom stereocenters. The highest BCUT2D eigenvalue weighted by atomic mass is 32.2. The van der Waals surface area contributed by atoms with Gasteiger partial charge in [-0.25, -0.2) is 13.1 Å². The van der Waals surface area contributed by atoms with Gasteiger partial charge in [-0.05, 0) is 37.8 Å². The standard InChI is InChI=1S/C12H20N2O2S3/c1-13-8-11-5-6-12(18-11)19(15,16)14-9-10-4-2-3-7-17-10/h5-6,10,13-14H,2-4,7-9H2,1H3. The van der Waals surface area contributed by atoms with Crippen LogP contribution in [0.5, 0.6) is 0 Å². The average Bonchev–Trinajstić information content (AvgIpc) is 2.88. The van der Waals surface area contributed by atoms with Gasteiger partial charge in [0, 0.05) is 23.2 Å². The van der Waals surface area contributed by atoms with Crippen LogP contribution in [0.15, 0.2) is 16.3 Å². The third-order valence-electron chi connectivity index (χ3n) is 3.03. The van der Waals surface area contributed by atoms with Gasteiger partial charge in [-0.2, -0.15) is 11.8 Å². The lowest BCUT2D eigenvalue weighted by Gasteiger charge is -2.21. The van der Waals surface area contributed by atoms with Gasteiger partial charge in [0.1, 0.15) is 4.21 Å². The molecule has 0 amide bonds. The van der Waals surface area contributed by atoms with Crippen LogP contribution < -0.4 is 10.0 Å². The quantitative estimate of drug-likeness (QED) is 0.842. The molecule has 0 radical (unpaired) electrons. The van der Waals surface area contributed by atoms with E-state index in [4.69, 9.17) is 0 Å². The van der Waals surface area contributed by atoms with Gasteiger partial charge in [0.15, 0.2) is 0 Å². The first kappa shape index (κ1) is 15.3. The second-order valence-electron chi connectivity index (χ2n) is 4.59. The highest BCUT2D eigenvalue weighted by Gasteiger charge is 2.20. The minimum absolute atomic E-state index is 0.415. The fraction of sp³-hybridized carbons (Fsp3) is 0.667. The average molecular weight is 321 g/mol. The van der Waals surface area contributed by atoms with Gasteiger partial charge in [-0.15, -0.1) is 11.3 Å². The van der Waals surface area contributed by atoms with Gasteiger partial charge in [-0.3, -0.25) is 0 Å². The number of sulfonamides is 1. The summed E-state index contributed by atoms with van der Waals surface area (Å²) in [4.78, 5) is 1.04. The first-order chi connectivity index (χ1) is 9.12. The number of hydrogen-bond acceptors (Lipinski definition) is 5. The summed E-state index contributed by atoms with van der Waals surface area (Å²) in [5.74, 6) is 1.15.